The van der Waals surface area contributed by atoms with Crippen LogP contribution in [0.1, 0.15) is 5.82 Å². The van der Waals surface area contributed by atoms with Crippen LogP contribution >= 0.6 is 0 Å². The molecule has 0 aliphatic carbocycles. The largest absolute Gasteiger partial charge is 0.379 e. The van der Waals surface area contributed by atoms with Gasteiger partial charge in [-0.05, 0) is 42.5 Å². The molecule has 4 heterocycles. The standard InChI is InChI=1S/C25H23N6O3S/c1-35(32,33)20-6-4-5-18(15-20)22-10-9-19-16-26-25(28-31(19)22)30-23-8-3-2-7-21(23)27-24(30)17-29-11-13-34-14-12-29/h3-10,15-16H,11-14,17H2,1H3. The summed E-state index contributed by atoms with van der Waals surface area (Å²) in [5, 5.41) is 4.88. The van der Waals surface area contributed by atoms with E-state index < -0.39 is 9.84 Å². The predicted octanol–water partition coefficient (Wildman–Crippen LogP) is 2.77. The van der Waals surface area contributed by atoms with Gasteiger partial charge in [-0.15, -0.1) is 5.10 Å². The van der Waals surface area contributed by atoms with E-state index in [1.165, 1.54) is 6.26 Å². The summed E-state index contributed by atoms with van der Waals surface area (Å²) in [6, 6.07) is 19.5. The average molecular weight is 488 g/mol. The number of benzene rings is 2. The van der Waals surface area contributed by atoms with E-state index in [2.05, 4.69) is 16.0 Å². The van der Waals surface area contributed by atoms with Crippen LogP contribution in [0.25, 0.3) is 33.8 Å². The zero-order valence-electron chi connectivity index (χ0n) is 19.1. The topological polar surface area (TPSA) is 94.6 Å². The number of sulfone groups is 1. The molecule has 0 unspecified atom stereocenters. The molecular weight excluding hydrogens is 464 g/mol. The van der Waals surface area contributed by atoms with Crippen molar-refractivity contribution in [3.8, 4) is 17.2 Å². The second-order valence-electron chi connectivity index (χ2n) is 8.58. The van der Waals surface area contributed by atoms with Gasteiger partial charge < -0.3 is 4.74 Å². The highest BCUT2D eigenvalue weighted by Gasteiger charge is 2.20. The lowest BCUT2D eigenvalue weighted by Gasteiger charge is -2.26. The van der Waals surface area contributed by atoms with E-state index in [1.54, 1.807) is 28.9 Å². The van der Waals surface area contributed by atoms with Gasteiger partial charge in [0.1, 0.15) is 5.82 Å². The molecule has 1 aliphatic heterocycles. The van der Waals surface area contributed by atoms with Crippen LogP contribution in [0, 0.1) is 6.07 Å². The molecule has 0 saturated carbocycles. The molecule has 177 valence electrons. The van der Waals surface area contributed by atoms with Crippen molar-refractivity contribution in [2.75, 3.05) is 32.6 Å². The van der Waals surface area contributed by atoms with Crippen LogP contribution in [0.5, 0.6) is 0 Å². The number of hydrogen-bond donors (Lipinski definition) is 0. The zero-order chi connectivity index (χ0) is 24.0. The van der Waals surface area contributed by atoms with E-state index in [0.29, 0.717) is 25.7 Å². The summed E-state index contributed by atoms with van der Waals surface area (Å²) in [5.41, 5.74) is 4.08. The third-order valence-corrected chi connectivity index (χ3v) is 7.29. The fourth-order valence-corrected chi connectivity index (χ4v) is 5.08. The first-order valence-electron chi connectivity index (χ1n) is 11.3. The smallest absolute Gasteiger partial charge is 0.253 e. The Kier molecular flexibility index (Phi) is 5.36. The van der Waals surface area contributed by atoms with Gasteiger partial charge in [-0.1, -0.05) is 18.2 Å². The summed E-state index contributed by atoms with van der Waals surface area (Å²) in [7, 11) is -3.33. The zero-order valence-corrected chi connectivity index (χ0v) is 19.9. The van der Waals surface area contributed by atoms with Crippen molar-refractivity contribution in [1.82, 2.24) is 29.0 Å². The van der Waals surface area contributed by atoms with Gasteiger partial charge in [0, 0.05) is 24.9 Å². The molecule has 0 bridgehead atoms. The Morgan fingerprint density at radius 1 is 1.11 bits per heavy atom. The van der Waals surface area contributed by atoms with Gasteiger partial charge >= 0.3 is 0 Å². The van der Waals surface area contributed by atoms with E-state index >= 15 is 0 Å². The maximum atomic E-state index is 12.1. The molecule has 9 nitrogen and oxygen atoms in total. The van der Waals surface area contributed by atoms with Crippen LogP contribution in [-0.2, 0) is 21.1 Å². The molecule has 35 heavy (non-hydrogen) atoms. The van der Waals surface area contributed by atoms with Crippen LogP contribution in [-0.4, -0.2) is 70.0 Å². The molecule has 3 aromatic heterocycles. The van der Waals surface area contributed by atoms with Gasteiger partial charge in [-0.2, -0.15) is 0 Å². The lowest BCUT2D eigenvalue weighted by atomic mass is 10.2. The molecule has 6 rings (SSSR count). The van der Waals surface area contributed by atoms with Crippen molar-refractivity contribution >= 4 is 26.4 Å². The Morgan fingerprint density at radius 3 is 2.80 bits per heavy atom. The lowest BCUT2D eigenvalue weighted by molar-refractivity contribution is 0.0329. The van der Waals surface area contributed by atoms with Crippen molar-refractivity contribution < 1.29 is 13.2 Å². The van der Waals surface area contributed by atoms with E-state index in [0.717, 1.165) is 46.7 Å². The minimum absolute atomic E-state index is 0.267. The normalized spacial score (nSPS) is 15.2. The highest BCUT2D eigenvalue weighted by Crippen LogP contribution is 2.26. The number of fused-ring (bicyclic) bond motifs is 2. The number of nitrogens with zero attached hydrogens (tertiary/aromatic N) is 6. The lowest BCUT2D eigenvalue weighted by Crippen LogP contribution is -2.36. The summed E-state index contributed by atoms with van der Waals surface area (Å²) in [5.74, 6) is 1.33. The second-order valence-corrected chi connectivity index (χ2v) is 10.6. The monoisotopic (exact) mass is 487 g/mol. The fourth-order valence-electron chi connectivity index (χ4n) is 4.41. The Labute approximate surface area is 202 Å². The number of aromatic nitrogens is 5. The summed E-state index contributed by atoms with van der Waals surface area (Å²) in [4.78, 5) is 12.1. The number of rotatable bonds is 5. The maximum Gasteiger partial charge on any atom is 0.253 e. The van der Waals surface area contributed by atoms with Crippen molar-refractivity contribution in [1.29, 1.82) is 0 Å². The molecule has 2 aromatic carbocycles. The molecule has 1 radical (unpaired) electrons. The molecule has 0 N–H and O–H groups in total. The second kappa shape index (κ2) is 8.56. The van der Waals surface area contributed by atoms with Crippen molar-refractivity contribution in [3.05, 3.63) is 72.7 Å². The molecule has 1 fully saturated rings. The first-order valence-corrected chi connectivity index (χ1v) is 13.2. The van der Waals surface area contributed by atoms with Gasteiger partial charge in [0.15, 0.2) is 9.84 Å². The molecule has 10 heteroatoms. The summed E-state index contributed by atoms with van der Waals surface area (Å²) < 4.78 is 33.5. The number of ether oxygens (including phenoxy) is 1. The number of imidazole rings is 1. The van der Waals surface area contributed by atoms with E-state index in [-0.39, 0.29) is 4.90 Å². The SMILES string of the molecule is CS(=O)(=O)c1cccc(-c2ccc3cnc(-n4c(CN5CCOCC5)nc5c[c]ccc54)nn23)c1. The Bertz CT molecular complexity index is 1650. The third kappa shape index (κ3) is 4.09. The Morgan fingerprint density at radius 2 is 1.97 bits per heavy atom. The van der Waals surface area contributed by atoms with Crippen LogP contribution in [0.15, 0.2) is 65.7 Å². The quantitative estimate of drug-likeness (QED) is 0.376. The van der Waals surface area contributed by atoms with E-state index in [1.807, 2.05) is 41.0 Å². The van der Waals surface area contributed by atoms with E-state index in [9.17, 15) is 8.42 Å². The van der Waals surface area contributed by atoms with Gasteiger partial charge in [0.05, 0.1) is 53.1 Å². The van der Waals surface area contributed by atoms with Crippen molar-refractivity contribution in [2.45, 2.75) is 11.4 Å². The Balaban J connectivity index is 1.49. The van der Waals surface area contributed by atoms with Gasteiger partial charge in [-0.3, -0.25) is 9.47 Å². The minimum Gasteiger partial charge on any atom is -0.379 e. The first-order chi connectivity index (χ1) is 17.0. The summed E-state index contributed by atoms with van der Waals surface area (Å²) >= 11 is 0. The number of morpholine rings is 1. The molecule has 1 saturated heterocycles. The van der Waals surface area contributed by atoms with Crippen LogP contribution in [0.2, 0.25) is 0 Å². The first kappa shape index (κ1) is 21.9. The summed E-state index contributed by atoms with van der Waals surface area (Å²) in [6.45, 7) is 3.74. The van der Waals surface area contributed by atoms with E-state index in [4.69, 9.17) is 14.8 Å². The van der Waals surface area contributed by atoms with Gasteiger partial charge in [0.25, 0.3) is 5.95 Å². The van der Waals surface area contributed by atoms with Gasteiger partial charge in [-0.25, -0.2) is 22.9 Å². The highest BCUT2D eigenvalue weighted by atomic mass is 32.2. The van der Waals surface area contributed by atoms with Crippen LogP contribution in [0.4, 0.5) is 0 Å². The average Bonchev–Trinajstić information content (AvgIpc) is 3.45. The molecule has 0 amide bonds. The van der Waals surface area contributed by atoms with Crippen molar-refractivity contribution in [3.63, 3.8) is 0 Å². The minimum atomic E-state index is -3.33. The van der Waals surface area contributed by atoms with Gasteiger partial charge in [0.2, 0.25) is 0 Å². The molecule has 1 aliphatic rings. The van der Waals surface area contributed by atoms with Crippen molar-refractivity contribution in [2.24, 2.45) is 0 Å². The molecular formula is C25H23N6O3S. The van der Waals surface area contributed by atoms with Crippen LogP contribution in [0.3, 0.4) is 0 Å². The molecule has 0 spiro atoms. The Hall–Kier alpha value is -3.60. The number of hydrogen-bond acceptors (Lipinski definition) is 7. The molecule has 5 aromatic rings. The fraction of sp³-hybridized carbons (Fsp3) is 0.240. The summed E-state index contributed by atoms with van der Waals surface area (Å²) in [6.07, 6.45) is 2.98. The van der Waals surface area contributed by atoms with Crippen LogP contribution < -0.4 is 0 Å². The highest BCUT2D eigenvalue weighted by molar-refractivity contribution is 7.90. The third-order valence-electron chi connectivity index (χ3n) is 6.18. The molecule has 0 atom stereocenters. The predicted molar refractivity (Wildman–Crippen MR) is 131 cm³/mol. The maximum absolute atomic E-state index is 12.1.